The zero-order valence-corrected chi connectivity index (χ0v) is 21.1. The fourth-order valence-corrected chi connectivity index (χ4v) is 5.16. The Morgan fingerprint density at radius 2 is 2.10 bits per heavy atom. The number of nitrogens with zero attached hydrogens (tertiary/aromatic N) is 7. The first kappa shape index (κ1) is 23.6. The van der Waals surface area contributed by atoms with Gasteiger partial charge in [0.05, 0.1) is 35.6 Å². The van der Waals surface area contributed by atoms with Crippen LogP contribution in [0.2, 0.25) is 5.02 Å². The van der Waals surface area contributed by atoms with Crippen molar-refractivity contribution in [3.8, 4) is 16.9 Å². The number of hydrogen-bond donors (Lipinski definition) is 2. The second kappa shape index (κ2) is 9.66. The molecule has 0 radical (unpaired) electrons. The molecule has 198 valence electrons. The second-order valence-electron chi connectivity index (χ2n) is 9.08. The minimum atomic E-state index is -1.39. The van der Waals surface area contributed by atoms with Gasteiger partial charge in [0.25, 0.3) is 0 Å². The molecule has 2 N–H and O–H groups in total. The van der Waals surface area contributed by atoms with E-state index in [-0.39, 0.29) is 40.0 Å². The molecule has 2 aliphatic heterocycles. The monoisotopic (exact) mass is 552 g/mol. The van der Waals surface area contributed by atoms with Gasteiger partial charge in [-0.2, -0.15) is 9.07 Å². The van der Waals surface area contributed by atoms with Crippen molar-refractivity contribution in [2.75, 3.05) is 5.32 Å². The molecular formula is C25H20ClF2N9O2. The second-order valence-corrected chi connectivity index (χ2v) is 9.49. The van der Waals surface area contributed by atoms with Crippen LogP contribution in [0.1, 0.15) is 45.0 Å². The van der Waals surface area contributed by atoms with Gasteiger partial charge < -0.3 is 15.2 Å². The largest absolute Gasteiger partial charge is 0.340 e. The van der Waals surface area contributed by atoms with Crippen LogP contribution >= 0.6 is 11.6 Å². The molecule has 3 aromatic heterocycles. The van der Waals surface area contributed by atoms with Gasteiger partial charge >= 0.3 is 0 Å². The Morgan fingerprint density at radius 1 is 1.26 bits per heavy atom. The molecule has 11 nitrogen and oxygen atoms in total. The topological polar surface area (TPSA) is 135 Å². The van der Waals surface area contributed by atoms with Gasteiger partial charge in [-0.1, -0.05) is 11.6 Å². The summed E-state index contributed by atoms with van der Waals surface area (Å²) in [4.78, 5) is 37.3. The minimum absolute atomic E-state index is 0.0261. The van der Waals surface area contributed by atoms with E-state index in [2.05, 4.69) is 35.8 Å². The number of fused-ring (bicyclic) bond motifs is 1. The van der Waals surface area contributed by atoms with Crippen molar-refractivity contribution in [1.82, 2.24) is 40.1 Å². The lowest BCUT2D eigenvalue weighted by atomic mass is 9.92. The Hall–Kier alpha value is -4.52. The molecule has 2 aliphatic rings. The average Bonchev–Trinajstić information content (AvgIpc) is 3.65. The van der Waals surface area contributed by atoms with Crippen LogP contribution in [-0.2, 0) is 9.59 Å². The molecule has 1 unspecified atom stereocenters. The van der Waals surface area contributed by atoms with Crippen LogP contribution in [0, 0.1) is 11.8 Å². The van der Waals surface area contributed by atoms with E-state index in [4.69, 9.17) is 11.6 Å². The third-order valence-corrected chi connectivity index (χ3v) is 6.92. The predicted octanol–water partition coefficient (Wildman–Crippen LogP) is 3.86. The first-order valence-electron chi connectivity index (χ1n) is 12.4. The first-order valence-corrected chi connectivity index (χ1v) is 12.3. The Balaban J connectivity index is 1.32. The van der Waals surface area contributed by atoms with Crippen molar-refractivity contribution < 1.29 is 19.7 Å². The van der Waals surface area contributed by atoms with Crippen molar-refractivity contribution in [3.63, 3.8) is 0 Å². The van der Waals surface area contributed by atoms with Gasteiger partial charge in [0.1, 0.15) is 18.0 Å². The van der Waals surface area contributed by atoms with Crippen molar-refractivity contribution >= 4 is 34.8 Å². The molecular weight excluding hydrogens is 532 g/mol. The van der Waals surface area contributed by atoms with E-state index >= 15 is 4.39 Å². The maximum absolute atomic E-state index is 15.3. The van der Waals surface area contributed by atoms with Crippen LogP contribution in [0.3, 0.4) is 0 Å². The summed E-state index contributed by atoms with van der Waals surface area (Å²) in [6.45, 7) is 1.29. The summed E-state index contributed by atoms with van der Waals surface area (Å²) in [5.74, 6) is -1.97. The van der Waals surface area contributed by atoms with Crippen LogP contribution in [0.15, 0.2) is 42.9 Å². The van der Waals surface area contributed by atoms with E-state index < -0.39 is 29.7 Å². The molecule has 0 saturated carbocycles. The smallest absolute Gasteiger partial charge is 0.247 e. The number of imidazole rings is 1. The standard InChI is InChI=1S/C25H20ClF2N9O2/c1-12(38)31-20-7-3-15(24(28)33-20)17-10-29-25(32-17)19-5-2-14-8-13(9-21(39)37(14)19)22-18(36-11-30-34-35-36)6-4-16(26)23(22)27/h3-4,6-7,9-11,14,19H,2,5,8H2,1H3,(H,29,32)(H,31,33,38)/t14?,19-/m0/s1/i14D. The Labute approximate surface area is 226 Å². The van der Waals surface area contributed by atoms with Crippen LogP contribution in [0.4, 0.5) is 14.6 Å². The molecule has 2 atom stereocenters. The highest BCUT2D eigenvalue weighted by Gasteiger charge is 2.42. The highest BCUT2D eigenvalue weighted by atomic mass is 35.5. The number of hydrogen-bond acceptors (Lipinski definition) is 7. The minimum Gasteiger partial charge on any atom is -0.340 e. The Kier molecular flexibility index (Phi) is 5.84. The molecule has 14 heteroatoms. The molecule has 1 fully saturated rings. The average molecular weight is 553 g/mol. The first-order chi connectivity index (χ1) is 19.1. The number of nitrogens with one attached hydrogen (secondary N) is 2. The maximum Gasteiger partial charge on any atom is 0.247 e. The SMILES string of the molecule is [2H]C12CC[C@@H](c3ncc(-c4ccc(NC(C)=O)nc4F)[nH]3)N1C(=O)C=C(c1c(-n3cnnn3)ccc(Cl)c1F)C2. The summed E-state index contributed by atoms with van der Waals surface area (Å²) < 4.78 is 40.5. The normalized spacial score (nSPS) is 21.0. The van der Waals surface area contributed by atoms with Crippen molar-refractivity contribution in [3.05, 3.63) is 71.0 Å². The van der Waals surface area contributed by atoms with Gasteiger partial charge in [0.15, 0.2) is 5.82 Å². The summed E-state index contributed by atoms with van der Waals surface area (Å²) in [6.07, 6.45) is 4.74. The number of carbonyl (C=O) groups is 2. The highest BCUT2D eigenvalue weighted by molar-refractivity contribution is 6.31. The molecule has 0 bridgehead atoms. The van der Waals surface area contributed by atoms with Gasteiger partial charge in [-0.05, 0) is 59.5 Å². The van der Waals surface area contributed by atoms with Crippen LogP contribution in [-0.4, -0.2) is 57.9 Å². The predicted molar refractivity (Wildman–Crippen MR) is 135 cm³/mol. The molecule has 5 heterocycles. The van der Waals surface area contributed by atoms with Crippen molar-refractivity contribution in [2.45, 2.75) is 38.2 Å². The quantitative estimate of drug-likeness (QED) is 0.359. The summed E-state index contributed by atoms with van der Waals surface area (Å²) in [5.41, 5.74) is 1.09. The zero-order valence-electron chi connectivity index (χ0n) is 21.3. The lowest BCUT2D eigenvalue weighted by Gasteiger charge is -2.33. The molecule has 1 aromatic carbocycles. The van der Waals surface area contributed by atoms with Gasteiger partial charge in [-0.3, -0.25) is 9.59 Å². The van der Waals surface area contributed by atoms with E-state index in [0.717, 1.165) is 0 Å². The van der Waals surface area contributed by atoms with Crippen LogP contribution < -0.4 is 5.32 Å². The number of halogens is 3. The van der Waals surface area contributed by atoms with Gasteiger partial charge in [-0.25, -0.2) is 14.4 Å². The van der Waals surface area contributed by atoms with E-state index in [1.165, 1.54) is 53.3 Å². The third kappa shape index (κ3) is 4.44. The molecule has 0 aliphatic carbocycles. The number of tetrazole rings is 1. The Morgan fingerprint density at radius 3 is 2.85 bits per heavy atom. The zero-order chi connectivity index (χ0) is 28.2. The summed E-state index contributed by atoms with van der Waals surface area (Å²) in [6, 6.07) is 3.86. The van der Waals surface area contributed by atoms with E-state index in [1.54, 1.807) is 6.07 Å². The van der Waals surface area contributed by atoms with Crippen molar-refractivity contribution in [1.29, 1.82) is 0 Å². The molecule has 2 amide bonds. The summed E-state index contributed by atoms with van der Waals surface area (Å²) >= 11 is 6.08. The fraction of sp³-hybridized carbons (Fsp3) is 0.240. The molecule has 6 rings (SSSR count). The number of aromatic nitrogens is 7. The number of carbonyl (C=O) groups excluding carboxylic acids is 2. The molecule has 1 saturated heterocycles. The number of amides is 2. The summed E-state index contributed by atoms with van der Waals surface area (Å²) in [7, 11) is 0. The number of anilines is 1. The number of benzene rings is 1. The number of rotatable bonds is 5. The lowest BCUT2D eigenvalue weighted by Crippen LogP contribution is -2.39. The van der Waals surface area contributed by atoms with Gasteiger partial charge in [0.2, 0.25) is 17.8 Å². The Bertz CT molecular complexity index is 1690. The van der Waals surface area contributed by atoms with E-state index in [1.807, 2.05) is 0 Å². The van der Waals surface area contributed by atoms with Crippen LogP contribution in [0.25, 0.3) is 22.5 Å². The molecule has 39 heavy (non-hydrogen) atoms. The molecule has 4 aromatic rings. The highest BCUT2D eigenvalue weighted by Crippen LogP contribution is 2.44. The number of aromatic amines is 1. The fourth-order valence-electron chi connectivity index (χ4n) is 5.00. The third-order valence-electron chi connectivity index (χ3n) is 6.63. The van der Waals surface area contributed by atoms with Crippen LogP contribution in [0.5, 0.6) is 0 Å². The molecule has 0 spiro atoms. The van der Waals surface area contributed by atoms with Gasteiger partial charge in [0, 0.05) is 24.6 Å². The van der Waals surface area contributed by atoms with E-state index in [0.29, 0.717) is 29.9 Å². The van der Waals surface area contributed by atoms with Gasteiger partial charge in [-0.15, -0.1) is 5.10 Å². The van der Waals surface area contributed by atoms with Crippen molar-refractivity contribution in [2.24, 2.45) is 0 Å². The van der Waals surface area contributed by atoms with E-state index in [9.17, 15) is 15.4 Å². The number of pyridine rings is 1. The summed E-state index contributed by atoms with van der Waals surface area (Å²) in [5, 5.41) is 13.3. The lowest BCUT2D eigenvalue weighted by molar-refractivity contribution is -0.129. The number of H-pyrrole nitrogens is 1. The maximum atomic E-state index is 15.3.